The molecule has 2 aliphatic rings. The number of aliphatic hydroxyl groups is 1. The van der Waals surface area contributed by atoms with Gasteiger partial charge in [-0.3, -0.25) is 0 Å². The van der Waals surface area contributed by atoms with E-state index >= 15 is 0 Å². The predicted octanol–water partition coefficient (Wildman–Crippen LogP) is 2.30. The highest BCUT2D eigenvalue weighted by Gasteiger charge is 2.27. The van der Waals surface area contributed by atoms with Gasteiger partial charge in [-0.15, -0.1) is 0 Å². The van der Waals surface area contributed by atoms with Crippen molar-refractivity contribution in [3.05, 3.63) is 11.6 Å². The van der Waals surface area contributed by atoms with E-state index < -0.39 is 10.0 Å². The van der Waals surface area contributed by atoms with Gasteiger partial charge in [-0.2, -0.15) is 0 Å². The summed E-state index contributed by atoms with van der Waals surface area (Å²) in [4.78, 5) is 0. The third-order valence-corrected chi connectivity index (χ3v) is 5.71. The van der Waals surface area contributed by atoms with Gasteiger partial charge < -0.3 is 5.11 Å². The molecule has 2 unspecified atom stereocenters. The zero-order chi connectivity index (χ0) is 14.6. The number of nitrogens with zero attached hydrogens (tertiary/aromatic N) is 1. The summed E-state index contributed by atoms with van der Waals surface area (Å²) in [5.41, 5.74) is 1.39. The van der Waals surface area contributed by atoms with Crippen molar-refractivity contribution in [1.29, 1.82) is 0 Å². The summed E-state index contributed by atoms with van der Waals surface area (Å²) < 4.78 is 24.7. The monoisotopic (exact) mass is 301 g/mol. The SMILES string of the molecule is CS(=O)(=O)N1CCCC(CC(O)CC2=CCCCC2)C1. The Kier molecular flexibility index (Phi) is 5.64. The maximum absolute atomic E-state index is 11.6. The van der Waals surface area contributed by atoms with E-state index in [1.54, 1.807) is 4.31 Å². The van der Waals surface area contributed by atoms with Crippen molar-refractivity contribution in [1.82, 2.24) is 4.31 Å². The number of piperidine rings is 1. The summed E-state index contributed by atoms with van der Waals surface area (Å²) in [6.45, 7) is 1.21. The van der Waals surface area contributed by atoms with Crippen LogP contribution < -0.4 is 0 Å². The summed E-state index contributed by atoms with van der Waals surface area (Å²) in [5, 5.41) is 10.2. The first-order chi connectivity index (χ1) is 9.45. The molecule has 116 valence electrons. The molecule has 0 radical (unpaired) electrons. The lowest BCUT2D eigenvalue weighted by Gasteiger charge is -2.32. The van der Waals surface area contributed by atoms with E-state index in [1.807, 2.05) is 0 Å². The first-order valence-electron chi connectivity index (χ1n) is 7.76. The maximum atomic E-state index is 11.6. The third-order valence-electron chi connectivity index (χ3n) is 4.44. The molecule has 20 heavy (non-hydrogen) atoms. The van der Waals surface area contributed by atoms with Gasteiger partial charge in [-0.1, -0.05) is 11.6 Å². The minimum Gasteiger partial charge on any atom is -0.393 e. The molecule has 1 saturated heterocycles. The van der Waals surface area contributed by atoms with Crippen molar-refractivity contribution >= 4 is 10.0 Å². The minimum absolute atomic E-state index is 0.303. The van der Waals surface area contributed by atoms with Crippen LogP contribution in [-0.2, 0) is 10.0 Å². The summed E-state index contributed by atoms with van der Waals surface area (Å²) in [6.07, 6.45) is 11.5. The molecule has 4 nitrogen and oxygen atoms in total. The van der Waals surface area contributed by atoms with E-state index in [0.717, 1.165) is 38.5 Å². The topological polar surface area (TPSA) is 57.6 Å². The van der Waals surface area contributed by atoms with Gasteiger partial charge in [0.25, 0.3) is 0 Å². The lowest BCUT2D eigenvalue weighted by molar-refractivity contribution is 0.121. The molecule has 0 amide bonds. The Bertz CT molecular complexity index is 444. The van der Waals surface area contributed by atoms with Gasteiger partial charge >= 0.3 is 0 Å². The number of sulfonamides is 1. The molecular formula is C15H27NO3S. The average molecular weight is 301 g/mol. The standard InChI is InChI=1S/C15H27NO3S/c1-20(18,19)16-9-5-8-14(12-16)11-15(17)10-13-6-3-2-4-7-13/h6,14-15,17H,2-5,7-12H2,1H3. The van der Waals surface area contributed by atoms with Gasteiger partial charge in [-0.25, -0.2) is 12.7 Å². The van der Waals surface area contributed by atoms with E-state index in [2.05, 4.69) is 6.08 Å². The van der Waals surface area contributed by atoms with Crippen molar-refractivity contribution < 1.29 is 13.5 Å². The van der Waals surface area contributed by atoms with Crippen molar-refractivity contribution in [2.75, 3.05) is 19.3 Å². The minimum atomic E-state index is -3.08. The second-order valence-electron chi connectivity index (χ2n) is 6.33. The smallest absolute Gasteiger partial charge is 0.211 e. The second-order valence-corrected chi connectivity index (χ2v) is 8.31. The van der Waals surface area contributed by atoms with Crippen LogP contribution >= 0.6 is 0 Å². The molecule has 1 aliphatic carbocycles. The molecule has 1 N–H and O–H groups in total. The number of hydrogen-bond donors (Lipinski definition) is 1. The largest absolute Gasteiger partial charge is 0.393 e. The fraction of sp³-hybridized carbons (Fsp3) is 0.867. The van der Waals surface area contributed by atoms with Gasteiger partial charge in [0.2, 0.25) is 10.0 Å². The third kappa shape index (κ3) is 4.86. The summed E-state index contributed by atoms with van der Waals surface area (Å²) in [6, 6.07) is 0. The van der Waals surface area contributed by atoms with Crippen LogP contribution in [0.25, 0.3) is 0 Å². The maximum Gasteiger partial charge on any atom is 0.211 e. The fourth-order valence-corrected chi connectivity index (χ4v) is 4.32. The summed E-state index contributed by atoms with van der Waals surface area (Å²) >= 11 is 0. The second kappa shape index (κ2) is 7.05. The zero-order valence-corrected chi connectivity index (χ0v) is 13.2. The predicted molar refractivity (Wildman–Crippen MR) is 80.9 cm³/mol. The van der Waals surface area contributed by atoms with Crippen LogP contribution in [-0.4, -0.2) is 43.3 Å². The lowest BCUT2D eigenvalue weighted by Crippen LogP contribution is -2.40. The molecule has 2 atom stereocenters. The Hall–Kier alpha value is -0.390. The molecule has 0 aromatic rings. The number of hydrogen-bond acceptors (Lipinski definition) is 3. The van der Waals surface area contributed by atoms with E-state index in [0.29, 0.717) is 19.0 Å². The molecule has 2 rings (SSSR count). The van der Waals surface area contributed by atoms with E-state index in [-0.39, 0.29) is 6.10 Å². The Morgan fingerprint density at radius 1 is 1.40 bits per heavy atom. The van der Waals surface area contributed by atoms with Gasteiger partial charge in [0.15, 0.2) is 0 Å². The highest BCUT2D eigenvalue weighted by atomic mass is 32.2. The van der Waals surface area contributed by atoms with E-state index in [4.69, 9.17) is 0 Å². The van der Waals surface area contributed by atoms with Crippen LogP contribution in [0.15, 0.2) is 11.6 Å². The molecule has 0 bridgehead atoms. The molecule has 0 saturated carbocycles. The molecule has 1 aliphatic heterocycles. The number of rotatable bonds is 5. The van der Waals surface area contributed by atoms with Gasteiger partial charge in [0, 0.05) is 13.1 Å². The normalized spacial score (nSPS) is 27.1. The van der Waals surface area contributed by atoms with Gasteiger partial charge in [0.05, 0.1) is 12.4 Å². The Labute approximate surface area is 122 Å². The summed E-state index contributed by atoms with van der Waals surface area (Å²) in [5.74, 6) is 0.303. The van der Waals surface area contributed by atoms with Crippen molar-refractivity contribution in [3.63, 3.8) is 0 Å². The number of allylic oxidation sites excluding steroid dienone is 1. The molecular weight excluding hydrogens is 274 g/mol. The van der Waals surface area contributed by atoms with Crippen LogP contribution in [0.4, 0.5) is 0 Å². The summed E-state index contributed by atoms with van der Waals surface area (Å²) in [7, 11) is -3.08. The van der Waals surface area contributed by atoms with Crippen LogP contribution in [0.2, 0.25) is 0 Å². The Morgan fingerprint density at radius 2 is 2.20 bits per heavy atom. The highest BCUT2D eigenvalue weighted by molar-refractivity contribution is 7.88. The Morgan fingerprint density at radius 3 is 2.85 bits per heavy atom. The molecule has 0 spiro atoms. The van der Waals surface area contributed by atoms with Crippen LogP contribution in [0, 0.1) is 5.92 Å². The molecule has 5 heteroatoms. The van der Waals surface area contributed by atoms with Crippen molar-refractivity contribution in [2.45, 2.75) is 57.5 Å². The van der Waals surface area contributed by atoms with E-state index in [1.165, 1.54) is 24.7 Å². The first kappa shape index (κ1) is 16.0. The van der Waals surface area contributed by atoms with E-state index in [9.17, 15) is 13.5 Å². The fourth-order valence-electron chi connectivity index (χ4n) is 3.38. The van der Waals surface area contributed by atoms with Crippen LogP contribution in [0.5, 0.6) is 0 Å². The first-order valence-corrected chi connectivity index (χ1v) is 9.61. The van der Waals surface area contributed by atoms with Crippen molar-refractivity contribution in [2.24, 2.45) is 5.92 Å². The lowest BCUT2D eigenvalue weighted by atomic mass is 9.89. The molecule has 1 heterocycles. The van der Waals surface area contributed by atoms with Crippen molar-refractivity contribution in [3.8, 4) is 0 Å². The Balaban J connectivity index is 1.81. The van der Waals surface area contributed by atoms with Gasteiger partial charge in [0.1, 0.15) is 0 Å². The molecule has 0 aromatic carbocycles. The molecule has 0 aromatic heterocycles. The average Bonchev–Trinajstić information content (AvgIpc) is 2.39. The number of aliphatic hydroxyl groups excluding tert-OH is 1. The molecule has 1 fully saturated rings. The quantitative estimate of drug-likeness (QED) is 0.793. The van der Waals surface area contributed by atoms with Crippen LogP contribution in [0.3, 0.4) is 0 Å². The highest BCUT2D eigenvalue weighted by Crippen LogP contribution is 2.27. The van der Waals surface area contributed by atoms with Gasteiger partial charge in [-0.05, 0) is 57.3 Å². The zero-order valence-electron chi connectivity index (χ0n) is 12.4. The van der Waals surface area contributed by atoms with Crippen LogP contribution in [0.1, 0.15) is 51.4 Å².